The molecule has 0 atom stereocenters. The minimum Gasteiger partial charge on any atom is -0.493 e. The second kappa shape index (κ2) is 8.93. The number of carbonyl (C=O) groups excluding carboxylic acids is 2. The number of hydrogen-bond acceptors (Lipinski definition) is 7. The Balaban J connectivity index is 1.44. The van der Waals surface area contributed by atoms with Gasteiger partial charge in [-0.05, 0) is 35.9 Å². The lowest BCUT2D eigenvalue weighted by Gasteiger charge is -2.44. The first-order valence-corrected chi connectivity index (χ1v) is 10.5. The van der Waals surface area contributed by atoms with E-state index in [1.54, 1.807) is 35.2 Å². The quantitative estimate of drug-likeness (QED) is 0.387. The molecular formula is C24H24N2O7. The second-order valence-electron chi connectivity index (χ2n) is 8.07. The first kappa shape index (κ1) is 22.3. The minimum absolute atomic E-state index is 0.00217. The first-order valence-electron chi connectivity index (χ1n) is 10.5. The van der Waals surface area contributed by atoms with E-state index in [-0.39, 0.29) is 23.8 Å². The van der Waals surface area contributed by atoms with E-state index in [0.717, 1.165) is 0 Å². The lowest BCUT2D eigenvalue weighted by atomic mass is 9.82. The van der Waals surface area contributed by atoms with E-state index in [2.05, 4.69) is 0 Å². The summed E-state index contributed by atoms with van der Waals surface area (Å²) in [5, 5.41) is 10.8. The van der Waals surface area contributed by atoms with Gasteiger partial charge in [0.05, 0.1) is 31.1 Å². The van der Waals surface area contributed by atoms with E-state index in [9.17, 15) is 19.7 Å². The third kappa shape index (κ3) is 4.39. The Morgan fingerprint density at radius 3 is 2.42 bits per heavy atom. The van der Waals surface area contributed by atoms with Crippen LogP contribution in [-0.4, -0.2) is 54.4 Å². The number of non-ortho nitro benzene ring substituents is 1. The molecule has 4 rings (SSSR count). The van der Waals surface area contributed by atoms with Crippen molar-refractivity contribution < 1.29 is 28.7 Å². The second-order valence-corrected chi connectivity index (χ2v) is 8.07. The predicted molar refractivity (Wildman–Crippen MR) is 120 cm³/mol. The van der Waals surface area contributed by atoms with Crippen LogP contribution in [0.2, 0.25) is 0 Å². The Kier molecular flexibility index (Phi) is 6.04. The van der Waals surface area contributed by atoms with Gasteiger partial charge in [0.1, 0.15) is 5.60 Å². The standard InChI is InChI=1S/C24H24N2O7/c1-31-20-9-8-18-19(27)15-24(33-22(18)23(20)32-2)11-13-25(14-12-24)21(28)10-5-16-3-6-17(7-4-16)26(29)30/h3-10H,11-15H2,1-2H3/b10-5+. The fourth-order valence-corrected chi connectivity index (χ4v) is 4.25. The third-order valence-electron chi connectivity index (χ3n) is 6.11. The van der Waals surface area contributed by atoms with E-state index < -0.39 is 10.5 Å². The molecule has 0 aromatic heterocycles. The topological polar surface area (TPSA) is 108 Å². The number of methoxy groups -OCH3 is 2. The zero-order valence-electron chi connectivity index (χ0n) is 18.4. The van der Waals surface area contributed by atoms with Gasteiger partial charge >= 0.3 is 0 Å². The highest BCUT2D eigenvalue weighted by Gasteiger charge is 2.45. The largest absolute Gasteiger partial charge is 0.493 e. The van der Waals surface area contributed by atoms with Crippen LogP contribution in [0.25, 0.3) is 6.08 Å². The number of carbonyl (C=O) groups is 2. The molecule has 0 aliphatic carbocycles. The maximum absolute atomic E-state index is 12.9. The Bertz CT molecular complexity index is 1120. The molecule has 9 nitrogen and oxygen atoms in total. The van der Waals surface area contributed by atoms with Crippen LogP contribution >= 0.6 is 0 Å². The molecule has 1 amide bonds. The summed E-state index contributed by atoms with van der Waals surface area (Å²) in [4.78, 5) is 37.5. The monoisotopic (exact) mass is 452 g/mol. The summed E-state index contributed by atoms with van der Waals surface area (Å²) in [5.74, 6) is 1.10. The van der Waals surface area contributed by atoms with Crippen molar-refractivity contribution in [2.75, 3.05) is 27.3 Å². The Morgan fingerprint density at radius 1 is 1.12 bits per heavy atom. The highest BCUT2D eigenvalue weighted by atomic mass is 16.6. The van der Waals surface area contributed by atoms with Crippen LogP contribution in [0.5, 0.6) is 17.2 Å². The molecule has 9 heteroatoms. The summed E-state index contributed by atoms with van der Waals surface area (Å²) in [6.07, 6.45) is 4.35. The van der Waals surface area contributed by atoms with Crippen LogP contribution in [-0.2, 0) is 4.79 Å². The fraction of sp³-hybridized carbons (Fsp3) is 0.333. The molecule has 1 spiro atoms. The van der Waals surface area contributed by atoms with E-state index in [4.69, 9.17) is 14.2 Å². The molecule has 1 fully saturated rings. The van der Waals surface area contributed by atoms with Crippen molar-refractivity contribution in [3.63, 3.8) is 0 Å². The summed E-state index contributed by atoms with van der Waals surface area (Å²) in [6, 6.07) is 9.35. The fourth-order valence-electron chi connectivity index (χ4n) is 4.25. The number of rotatable bonds is 5. The Hall–Kier alpha value is -3.88. The summed E-state index contributed by atoms with van der Waals surface area (Å²) >= 11 is 0. The van der Waals surface area contributed by atoms with Gasteiger partial charge in [0.15, 0.2) is 17.3 Å². The maximum Gasteiger partial charge on any atom is 0.269 e. The minimum atomic E-state index is -0.692. The number of nitro benzene ring substituents is 1. The van der Waals surface area contributed by atoms with Crippen molar-refractivity contribution in [3.8, 4) is 17.2 Å². The van der Waals surface area contributed by atoms with E-state index in [1.807, 2.05) is 0 Å². The molecule has 0 saturated carbocycles. The van der Waals surface area contributed by atoms with Crippen molar-refractivity contribution in [3.05, 3.63) is 63.7 Å². The number of Topliss-reactive ketones (excluding diaryl/α,β-unsaturated/α-hetero) is 1. The molecule has 33 heavy (non-hydrogen) atoms. The molecule has 0 bridgehead atoms. The zero-order valence-corrected chi connectivity index (χ0v) is 18.4. The number of likely N-dealkylation sites (tertiary alicyclic amines) is 1. The molecule has 0 N–H and O–H groups in total. The average molecular weight is 452 g/mol. The molecule has 2 aromatic rings. The number of nitrogens with zero attached hydrogens (tertiary/aromatic N) is 2. The SMILES string of the molecule is COc1ccc2c(c1OC)OC1(CCN(C(=O)/C=C/c3ccc([N+](=O)[O-])cc3)CC1)CC2=O. The van der Waals surface area contributed by atoms with Crippen LogP contribution in [0.1, 0.15) is 35.2 Å². The maximum atomic E-state index is 12.9. The van der Waals surface area contributed by atoms with Gasteiger partial charge in [0, 0.05) is 44.1 Å². The summed E-state index contributed by atoms with van der Waals surface area (Å²) in [6.45, 7) is 0.886. The summed E-state index contributed by atoms with van der Waals surface area (Å²) < 4.78 is 17.1. The van der Waals surface area contributed by atoms with Crippen LogP contribution in [0.3, 0.4) is 0 Å². The molecule has 1 saturated heterocycles. The number of amides is 1. The number of fused-ring (bicyclic) bond motifs is 1. The molecule has 2 aliphatic rings. The van der Waals surface area contributed by atoms with Crippen molar-refractivity contribution in [2.45, 2.75) is 24.9 Å². The number of ketones is 1. The van der Waals surface area contributed by atoms with Gasteiger partial charge in [0.25, 0.3) is 5.69 Å². The smallest absolute Gasteiger partial charge is 0.269 e. The predicted octanol–water partition coefficient (Wildman–Crippen LogP) is 3.65. The average Bonchev–Trinajstić information content (AvgIpc) is 2.82. The lowest BCUT2D eigenvalue weighted by molar-refractivity contribution is -0.384. The van der Waals surface area contributed by atoms with Crippen molar-refractivity contribution in [1.29, 1.82) is 0 Å². The van der Waals surface area contributed by atoms with Gasteiger partial charge in [0.2, 0.25) is 11.7 Å². The normalized spacial score (nSPS) is 16.9. The van der Waals surface area contributed by atoms with Crippen molar-refractivity contribution in [1.82, 2.24) is 4.90 Å². The Labute approximate surface area is 190 Å². The summed E-state index contributed by atoms with van der Waals surface area (Å²) in [7, 11) is 3.03. The highest BCUT2D eigenvalue weighted by molar-refractivity contribution is 6.01. The van der Waals surface area contributed by atoms with Gasteiger partial charge < -0.3 is 19.1 Å². The number of nitro groups is 1. The molecule has 172 valence electrons. The molecule has 0 radical (unpaired) electrons. The van der Waals surface area contributed by atoms with Gasteiger partial charge in [-0.25, -0.2) is 0 Å². The molecule has 2 aliphatic heterocycles. The van der Waals surface area contributed by atoms with Crippen LogP contribution in [0.4, 0.5) is 5.69 Å². The Morgan fingerprint density at radius 2 is 1.82 bits per heavy atom. The van der Waals surface area contributed by atoms with E-state index >= 15 is 0 Å². The van der Waals surface area contributed by atoms with Crippen LogP contribution < -0.4 is 14.2 Å². The summed E-state index contributed by atoms with van der Waals surface area (Å²) in [5.41, 5.74) is 0.476. The number of benzene rings is 2. The molecule has 2 aromatic carbocycles. The van der Waals surface area contributed by atoms with Gasteiger partial charge in [-0.2, -0.15) is 0 Å². The van der Waals surface area contributed by atoms with Gasteiger partial charge in [-0.3, -0.25) is 19.7 Å². The zero-order chi connectivity index (χ0) is 23.6. The van der Waals surface area contributed by atoms with E-state index in [1.165, 1.54) is 32.4 Å². The molecule has 0 unspecified atom stereocenters. The number of hydrogen-bond donors (Lipinski definition) is 0. The first-order chi connectivity index (χ1) is 15.9. The van der Waals surface area contributed by atoms with Crippen molar-refractivity contribution >= 4 is 23.5 Å². The van der Waals surface area contributed by atoms with Gasteiger partial charge in [-0.1, -0.05) is 0 Å². The van der Waals surface area contributed by atoms with Gasteiger partial charge in [-0.15, -0.1) is 0 Å². The molecular weight excluding hydrogens is 428 g/mol. The van der Waals surface area contributed by atoms with Crippen LogP contribution in [0, 0.1) is 10.1 Å². The third-order valence-corrected chi connectivity index (χ3v) is 6.11. The lowest BCUT2D eigenvalue weighted by Crippen LogP contribution is -2.52. The van der Waals surface area contributed by atoms with Crippen molar-refractivity contribution in [2.24, 2.45) is 0 Å². The van der Waals surface area contributed by atoms with Crippen LogP contribution in [0.15, 0.2) is 42.5 Å². The number of ether oxygens (including phenoxy) is 3. The highest BCUT2D eigenvalue weighted by Crippen LogP contribution is 2.47. The number of piperidine rings is 1. The molecule has 2 heterocycles. The van der Waals surface area contributed by atoms with E-state index in [0.29, 0.717) is 54.3 Å².